The molecule has 0 saturated carbocycles. The van der Waals surface area contributed by atoms with E-state index in [1.165, 1.54) is 11.1 Å². The first kappa shape index (κ1) is 24.4. The molecule has 1 unspecified atom stereocenters. The Balaban J connectivity index is 1.53. The normalized spacial score (nSPS) is 15.3. The lowest BCUT2D eigenvalue weighted by atomic mass is 9.86. The maximum Gasteiger partial charge on any atom is 0.319 e. The van der Waals surface area contributed by atoms with Gasteiger partial charge >= 0.3 is 12.0 Å². The Morgan fingerprint density at radius 3 is 2.62 bits per heavy atom. The smallest absolute Gasteiger partial charge is 0.319 e. The number of hydrogen-bond donors (Lipinski definition) is 3. The number of nitrogens with one attached hydrogen (secondary N) is 2. The minimum atomic E-state index is -0.769. The summed E-state index contributed by atoms with van der Waals surface area (Å²) in [6.07, 6.45) is 4.82. The number of fused-ring (bicyclic) bond motifs is 1. The van der Waals surface area contributed by atoms with E-state index in [4.69, 9.17) is 28.3 Å². The van der Waals surface area contributed by atoms with Crippen LogP contribution in [0.15, 0.2) is 42.5 Å². The van der Waals surface area contributed by atoms with Gasteiger partial charge in [0.2, 0.25) is 0 Å². The molecule has 0 bridgehead atoms. The molecule has 1 aliphatic carbocycles. The monoisotopic (exact) mass is 477 g/mol. The number of carboxylic acid groups (broad SMARTS) is 1. The molecule has 2 aromatic carbocycles. The molecule has 1 aliphatic rings. The number of nitrogens with zero attached hydrogens (tertiary/aromatic N) is 1. The van der Waals surface area contributed by atoms with Crippen molar-refractivity contribution in [3.05, 3.63) is 63.6 Å². The van der Waals surface area contributed by atoms with Crippen LogP contribution in [0.2, 0.25) is 10.0 Å². The largest absolute Gasteiger partial charge is 0.481 e. The predicted molar refractivity (Wildman–Crippen MR) is 129 cm³/mol. The molecule has 172 valence electrons. The minimum absolute atomic E-state index is 0.162. The van der Waals surface area contributed by atoms with Crippen LogP contribution < -0.4 is 10.6 Å². The fourth-order valence-electron chi connectivity index (χ4n) is 4.20. The second-order valence-corrected chi connectivity index (χ2v) is 8.82. The first-order valence-corrected chi connectivity index (χ1v) is 11.7. The summed E-state index contributed by atoms with van der Waals surface area (Å²) in [5.41, 5.74) is 3.30. The molecule has 32 heavy (non-hydrogen) atoms. The molecule has 2 aromatic rings. The van der Waals surface area contributed by atoms with Gasteiger partial charge in [-0.05, 0) is 68.0 Å². The van der Waals surface area contributed by atoms with Crippen molar-refractivity contribution in [3.8, 4) is 0 Å². The zero-order chi connectivity index (χ0) is 22.9. The number of amides is 2. The van der Waals surface area contributed by atoms with Crippen molar-refractivity contribution in [2.75, 3.05) is 25.0 Å². The molecule has 0 heterocycles. The molecule has 0 radical (unpaired) electrons. The van der Waals surface area contributed by atoms with Crippen LogP contribution in [0, 0.1) is 0 Å². The zero-order valence-corrected chi connectivity index (χ0v) is 19.5. The van der Waals surface area contributed by atoms with Gasteiger partial charge in [-0.25, -0.2) is 4.79 Å². The summed E-state index contributed by atoms with van der Waals surface area (Å²) in [4.78, 5) is 25.6. The maximum atomic E-state index is 12.2. The summed E-state index contributed by atoms with van der Waals surface area (Å²) in [6.45, 7) is 2.02. The van der Waals surface area contributed by atoms with Crippen LogP contribution in [-0.4, -0.2) is 41.6 Å². The molecule has 0 saturated heterocycles. The van der Waals surface area contributed by atoms with Crippen LogP contribution in [-0.2, 0) is 11.2 Å². The third-order valence-electron chi connectivity index (χ3n) is 5.70. The lowest BCUT2D eigenvalue weighted by Gasteiger charge is -2.36. The van der Waals surface area contributed by atoms with Crippen molar-refractivity contribution in [3.63, 3.8) is 0 Å². The fourth-order valence-corrected chi connectivity index (χ4v) is 4.50. The van der Waals surface area contributed by atoms with Crippen LogP contribution in [0.25, 0.3) is 0 Å². The first-order valence-electron chi connectivity index (χ1n) is 11.0. The van der Waals surface area contributed by atoms with E-state index in [0.29, 0.717) is 34.7 Å². The molecule has 0 aliphatic heterocycles. The second kappa shape index (κ2) is 12.1. The number of hydrogen-bond acceptors (Lipinski definition) is 3. The van der Waals surface area contributed by atoms with Crippen molar-refractivity contribution < 1.29 is 14.7 Å². The van der Waals surface area contributed by atoms with Gasteiger partial charge in [-0.3, -0.25) is 9.69 Å². The molecule has 8 heteroatoms. The van der Waals surface area contributed by atoms with E-state index in [1.807, 2.05) is 0 Å². The molecule has 0 spiro atoms. The van der Waals surface area contributed by atoms with Crippen LogP contribution in [0.1, 0.15) is 49.3 Å². The average molecular weight is 478 g/mol. The van der Waals surface area contributed by atoms with Gasteiger partial charge in [-0.2, -0.15) is 0 Å². The maximum absolute atomic E-state index is 12.2. The Morgan fingerprint density at radius 2 is 1.84 bits per heavy atom. The number of anilines is 1. The number of benzene rings is 2. The topological polar surface area (TPSA) is 81.7 Å². The third-order valence-corrected chi connectivity index (χ3v) is 6.44. The van der Waals surface area contributed by atoms with E-state index in [1.54, 1.807) is 18.2 Å². The Hall–Kier alpha value is -2.28. The van der Waals surface area contributed by atoms with E-state index in [2.05, 4.69) is 39.8 Å². The molecule has 3 rings (SSSR count). The van der Waals surface area contributed by atoms with E-state index >= 15 is 0 Å². The number of aliphatic carboxylic acids is 1. The van der Waals surface area contributed by atoms with Gasteiger partial charge in [-0.1, -0.05) is 47.5 Å². The standard InChI is InChI=1S/C24H29Cl2N3O3/c25-20-12-11-18(16-21(20)26)28-24(32)27-13-5-15-29(14-4-10-23(30)31)22-9-3-7-17-6-1-2-8-19(17)22/h1-2,6,8,11-12,16,22H,3-5,7,9-10,13-15H2,(H,30,31)(H2,27,28,32). The van der Waals surface area contributed by atoms with Gasteiger partial charge < -0.3 is 15.7 Å². The van der Waals surface area contributed by atoms with Gasteiger partial charge in [0.15, 0.2) is 0 Å². The minimum Gasteiger partial charge on any atom is -0.481 e. The molecule has 3 N–H and O–H groups in total. The highest BCUT2D eigenvalue weighted by molar-refractivity contribution is 6.42. The lowest BCUT2D eigenvalue weighted by Crippen LogP contribution is -2.36. The van der Waals surface area contributed by atoms with Gasteiger partial charge in [-0.15, -0.1) is 0 Å². The summed E-state index contributed by atoms with van der Waals surface area (Å²) in [6, 6.07) is 13.4. The lowest BCUT2D eigenvalue weighted by molar-refractivity contribution is -0.137. The highest BCUT2D eigenvalue weighted by Crippen LogP contribution is 2.34. The summed E-state index contributed by atoms with van der Waals surface area (Å²) in [5.74, 6) is -0.769. The Kier molecular flexibility index (Phi) is 9.21. The Bertz CT molecular complexity index is 938. The van der Waals surface area contributed by atoms with Gasteiger partial charge in [0.25, 0.3) is 0 Å². The molecule has 1 atom stereocenters. The molecule has 6 nitrogen and oxygen atoms in total. The van der Waals surface area contributed by atoms with E-state index in [9.17, 15) is 9.59 Å². The first-order chi connectivity index (χ1) is 15.4. The Morgan fingerprint density at radius 1 is 1.06 bits per heavy atom. The number of carbonyl (C=O) groups excluding carboxylic acids is 1. The quantitative estimate of drug-likeness (QED) is 0.380. The van der Waals surface area contributed by atoms with E-state index < -0.39 is 5.97 Å². The highest BCUT2D eigenvalue weighted by atomic mass is 35.5. The van der Waals surface area contributed by atoms with Crippen LogP contribution in [0.3, 0.4) is 0 Å². The molecule has 2 amide bonds. The van der Waals surface area contributed by atoms with Crippen LogP contribution >= 0.6 is 23.2 Å². The highest BCUT2D eigenvalue weighted by Gasteiger charge is 2.25. The zero-order valence-electron chi connectivity index (χ0n) is 17.9. The Labute approximate surface area is 198 Å². The van der Waals surface area contributed by atoms with Crippen molar-refractivity contribution in [1.29, 1.82) is 0 Å². The van der Waals surface area contributed by atoms with Crippen LogP contribution in [0.4, 0.5) is 10.5 Å². The van der Waals surface area contributed by atoms with Crippen molar-refractivity contribution >= 4 is 40.9 Å². The summed E-state index contributed by atoms with van der Waals surface area (Å²) in [7, 11) is 0. The fraction of sp³-hybridized carbons (Fsp3) is 0.417. The summed E-state index contributed by atoms with van der Waals surface area (Å²) in [5, 5.41) is 15.5. The van der Waals surface area contributed by atoms with Gasteiger partial charge in [0.05, 0.1) is 10.0 Å². The van der Waals surface area contributed by atoms with Gasteiger partial charge in [0, 0.05) is 31.2 Å². The number of aryl methyl sites for hydroxylation is 1. The molecular formula is C24H29Cl2N3O3. The molecular weight excluding hydrogens is 449 g/mol. The number of carbonyl (C=O) groups is 2. The van der Waals surface area contributed by atoms with Crippen molar-refractivity contribution in [1.82, 2.24) is 10.2 Å². The summed E-state index contributed by atoms with van der Waals surface area (Å²) >= 11 is 11.9. The SMILES string of the molecule is O=C(O)CCCN(CCCNC(=O)Nc1ccc(Cl)c(Cl)c1)C1CCCc2ccccc21. The van der Waals surface area contributed by atoms with E-state index in [-0.39, 0.29) is 12.5 Å². The average Bonchev–Trinajstić information content (AvgIpc) is 2.77. The number of rotatable bonds is 10. The second-order valence-electron chi connectivity index (χ2n) is 8.00. The van der Waals surface area contributed by atoms with Gasteiger partial charge in [0.1, 0.15) is 0 Å². The van der Waals surface area contributed by atoms with Crippen LogP contribution in [0.5, 0.6) is 0 Å². The summed E-state index contributed by atoms with van der Waals surface area (Å²) < 4.78 is 0. The molecule has 0 aromatic heterocycles. The number of urea groups is 1. The molecule has 0 fully saturated rings. The van der Waals surface area contributed by atoms with E-state index in [0.717, 1.165) is 38.8 Å². The number of halogens is 2. The predicted octanol–water partition coefficient (Wildman–Crippen LogP) is 5.75. The van der Waals surface area contributed by atoms with Crippen molar-refractivity contribution in [2.45, 2.75) is 44.6 Å². The third kappa shape index (κ3) is 7.12. The van der Waals surface area contributed by atoms with Crippen molar-refractivity contribution in [2.24, 2.45) is 0 Å². The number of carboxylic acids is 1.